The van der Waals surface area contributed by atoms with Crippen LogP contribution in [0.5, 0.6) is 0 Å². The minimum absolute atomic E-state index is 0.132. The second kappa shape index (κ2) is 9.05. The van der Waals surface area contributed by atoms with Crippen LogP contribution in [-0.2, 0) is 9.53 Å². The summed E-state index contributed by atoms with van der Waals surface area (Å²) in [4.78, 5) is 27.6. The molecule has 4 nitrogen and oxygen atoms in total. The zero-order chi connectivity index (χ0) is 19.3. The van der Waals surface area contributed by atoms with Crippen LogP contribution in [0.1, 0.15) is 45.0 Å². The Morgan fingerprint density at radius 2 is 1.57 bits per heavy atom. The minimum Gasteiger partial charge on any atom is -0.444 e. The predicted octanol–water partition coefficient (Wildman–Crippen LogP) is 4.69. The van der Waals surface area contributed by atoms with Gasteiger partial charge in [0.2, 0.25) is 6.10 Å². The normalized spacial score (nSPS) is 18.2. The second-order valence-electron chi connectivity index (χ2n) is 6.92. The molecule has 0 N–H and O–H groups in total. The van der Waals surface area contributed by atoms with E-state index in [1.807, 2.05) is 66.0 Å². The highest BCUT2D eigenvalue weighted by Gasteiger charge is 2.31. The highest BCUT2D eigenvalue weighted by atomic mass is 32.2. The van der Waals surface area contributed by atoms with Gasteiger partial charge >= 0.3 is 5.97 Å². The molecule has 1 atom stereocenters. The third-order valence-corrected chi connectivity index (χ3v) is 8.11. The predicted molar refractivity (Wildman–Crippen MR) is 115 cm³/mol. The first-order valence-corrected chi connectivity index (χ1v) is 11.7. The number of thioether (sulfide) groups is 2. The van der Waals surface area contributed by atoms with Gasteiger partial charge in [0.1, 0.15) is 0 Å². The lowest BCUT2D eigenvalue weighted by molar-refractivity contribution is -0.140. The van der Waals surface area contributed by atoms with Crippen molar-refractivity contribution in [1.82, 2.24) is 4.90 Å². The molecule has 28 heavy (non-hydrogen) atoms. The molecule has 6 heteroatoms. The second-order valence-corrected chi connectivity index (χ2v) is 9.65. The summed E-state index contributed by atoms with van der Waals surface area (Å²) in [5.41, 5.74) is 2.41. The van der Waals surface area contributed by atoms with E-state index in [9.17, 15) is 9.59 Å². The molecule has 2 aromatic carbocycles. The Labute approximate surface area is 174 Å². The quantitative estimate of drug-likeness (QED) is 0.666. The third-order valence-electron chi connectivity index (χ3n) is 5.01. The van der Waals surface area contributed by atoms with E-state index in [1.165, 1.54) is 5.56 Å². The van der Waals surface area contributed by atoms with E-state index in [-0.39, 0.29) is 5.91 Å². The maximum Gasteiger partial charge on any atom is 0.339 e. The molecule has 2 aromatic rings. The van der Waals surface area contributed by atoms with Crippen LogP contribution in [-0.4, -0.2) is 41.4 Å². The van der Waals surface area contributed by atoms with E-state index in [0.717, 1.165) is 37.4 Å². The zero-order valence-electron chi connectivity index (χ0n) is 15.6. The van der Waals surface area contributed by atoms with Crippen LogP contribution in [0.4, 0.5) is 0 Å². The highest BCUT2D eigenvalue weighted by molar-refractivity contribution is 8.19. The Hall–Kier alpha value is -1.92. The molecule has 2 heterocycles. The summed E-state index contributed by atoms with van der Waals surface area (Å²) >= 11 is 3.86. The monoisotopic (exact) mass is 413 g/mol. The molecular weight excluding hydrogens is 390 g/mol. The number of amides is 1. The lowest BCUT2D eigenvalue weighted by atomic mass is 10.1. The first-order valence-electron chi connectivity index (χ1n) is 9.60. The fourth-order valence-corrected chi connectivity index (χ4v) is 6.35. The minimum atomic E-state index is -0.896. The smallest absolute Gasteiger partial charge is 0.339 e. The maximum absolute atomic E-state index is 13.0. The molecule has 0 aromatic heterocycles. The van der Waals surface area contributed by atoms with Crippen LogP contribution in [0.25, 0.3) is 0 Å². The maximum atomic E-state index is 13.0. The molecular formula is C22H23NO3S2. The van der Waals surface area contributed by atoms with Crippen molar-refractivity contribution in [1.29, 1.82) is 0 Å². The van der Waals surface area contributed by atoms with Gasteiger partial charge < -0.3 is 9.64 Å². The Bertz CT molecular complexity index is 813. The van der Waals surface area contributed by atoms with Crippen LogP contribution >= 0.6 is 23.5 Å². The van der Waals surface area contributed by atoms with Gasteiger partial charge in [-0.05, 0) is 30.5 Å². The molecule has 0 radical (unpaired) electrons. The fraction of sp³-hybridized carbons (Fsp3) is 0.364. The van der Waals surface area contributed by atoms with E-state index in [0.29, 0.717) is 15.7 Å². The van der Waals surface area contributed by atoms with Gasteiger partial charge in [0.25, 0.3) is 5.91 Å². The summed E-state index contributed by atoms with van der Waals surface area (Å²) in [7, 11) is 0. The number of nitrogens with zero attached hydrogens (tertiary/aromatic N) is 1. The van der Waals surface area contributed by atoms with Crippen LogP contribution < -0.4 is 0 Å². The summed E-state index contributed by atoms with van der Waals surface area (Å²) in [6.45, 7) is 1.45. The number of esters is 1. The summed E-state index contributed by atoms with van der Waals surface area (Å²) in [5.74, 6) is 1.74. The van der Waals surface area contributed by atoms with Crippen molar-refractivity contribution in [2.24, 2.45) is 0 Å². The SMILES string of the molecule is O=C(O[C@@H](C(=O)N1CCCC1)c1ccccc1)c1ccc(C2SCCS2)cc1. The first kappa shape index (κ1) is 19.4. The Morgan fingerprint density at radius 3 is 2.21 bits per heavy atom. The van der Waals surface area contributed by atoms with Gasteiger partial charge in [-0.2, -0.15) is 0 Å². The van der Waals surface area contributed by atoms with E-state index in [4.69, 9.17) is 4.74 Å². The number of ether oxygens (including phenoxy) is 1. The number of carbonyl (C=O) groups excluding carboxylic acids is 2. The van der Waals surface area contributed by atoms with E-state index in [2.05, 4.69) is 0 Å². The van der Waals surface area contributed by atoms with Gasteiger partial charge in [-0.1, -0.05) is 42.5 Å². The van der Waals surface area contributed by atoms with Crippen molar-refractivity contribution in [3.8, 4) is 0 Å². The number of carbonyl (C=O) groups is 2. The number of hydrogen-bond donors (Lipinski definition) is 0. The Balaban J connectivity index is 1.50. The van der Waals surface area contributed by atoms with Gasteiger partial charge in [-0.15, -0.1) is 23.5 Å². The van der Waals surface area contributed by atoms with Crippen LogP contribution in [0.15, 0.2) is 54.6 Å². The van der Waals surface area contributed by atoms with Crippen molar-refractivity contribution in [3.63, 3.8) is 0 Å². The van der Waals surface area contributed by atoms with Crippen molar-refractivity contribution >= 4 is 35.4 Å². The number of rotatable bonds is 5. The molecule has 2 saturated heterocycles. The van der Waals surface area contributed by atoms with E-state index < -0.39 is 12.1 Å². The van der Waals surface area contributed by atoms with Crippen molar-refractivity contribution in [2.75, 3.05) is 24.6 Å². The third kappa shape index (κ3) is 4.39. The number of hydrogen-bond acceptors (Lipinski definition) is 5. The fourth-order valence-electron chi connectivity index (χ4n) is 3.49. The highest BCUT2D eigenvalue weighted by Crippen LogP contribution is 2.45. The zero-order valence-corrected chi connectivity index (χ0v) is 17.2. The van der Waals surface area contributed by atoms with Crippen molar-refractivity contribution in [3.05, 3.63) is 71.3 Å². The molecule has 2 fully saturated rings. The number of benzene rings is 2. The number of likely N-dealkylation sites (tertiary alicyclic amines) is 1. The molecule has 1 amide bonds. The van der Waals surface area contributed by atoms with Crippen molar-refractivity contribution < 1.29 is 14.3 Å². The summed E-state index contributed by atoms with van der Waals surface area (Å²) in [6, 6.07) is 16.9. The standard InChI is InChI=1S/C22H23NO3S2/c24-20(23-12-4-5-13-23)19(16-6-2-1-3-7-16)26-21(25)17-8-10-18(11-9-17)22-27-14-15-28-22/h1-3,6-11,19,22H,4-5,12-15H2/t19-/m1/s1. The largest absolute Gasteiger partial charge is 0.444 e. The molecule has 0 aliphatic carbocycles. The van der Waals surface area contributed by atoms with Gasteiger partial charge in [-0.3, -0.25) is 4.79 Å². The van der Waals surface area contributed by atoms with E-state index >= 15 is 0 Å². The summed E-state index contributed by atoms with van der Waals surface area (Å²) in [5, 5.41) is 0. The average Bonchev–Trinajstić information content (AvgIpc) is 3.46. The lowest BCUT2D eigenvalue weighted by Crippen LogP contribution is -2.34. The summed E-state index contributed by atoms with van der Waals surface area (Å²) in [6.07, 6.45) is 1.10. The molecule has 0 bridgehead atoms. The Kier molecular flexibility index (Phi) is 6.27. The van der Waals surface area contributed by atoms with Gasteiger partial charge in [0.15, 0.2) is 0 Å². The van der Waals surface area contributed by atoms with Crippen LogP contribution in [0, 0.1) is 0 Å². The molecule has 4 rings (SSSR count). The molecule has 2 aliphatic rings. The lowest BCUT2D eigenvalue weighted by Gasteiger charge is -2.23. The first-order chi connectivity index (χ1) is 13.7. The molecule has 0 unspecified atom stereocenters. The molecule has 0 saturated carbocycles. The summed E-state index contributed by atoms with van der Waals surface area (Å²) < 4.78 is 6.17. The molecule has 0 spiro atoms. The van der Waals surface area contributed by atoms with E-state index in [1.54, 1.807) is 17.0 Å². The van der Waals surface area contributed by atoms with Gasteiger partial charge in [-0.25, -0.2) is 4.79 Å². The Morgan fingerprint density at radius 1 is 0.929 bits per heavy atom. The topological polar surface area (TPSA) is 46.6 Å². The van der Waals surface area contributed by atoms with Crippen LogP contribution in [0.2, 0.25) is 0 Å². The molecule has 146 valence electrons. The van der Waals surface area contributed by atoms with Gasteiger partial charge in [0.05, 0.1) is 10.1 Å². The van der Waals surface area contributed by atoms with Crippen molar-refractivity contribution in [2.45, 2.75) is 23.5 Å². The van der Waals surface area contributed by atoms with Crippen LogP contribution in [0.3, 0.4) is 0 Å². The van der Waals surface area contributed by atoms with Gasteiger partial charge in [0, 0.05) is 30.2 Å². The molecule has 2 aliphatic heterocycles. The average molecular weight is 414 g/mol.